The predicted octanol–water partition coefficient (Wildman–Crippen LogP) is 5.39. The molecule has 1 aromatic carbocycles. The molecule has 0 amide bonds. The van der Waals surface area contributed by atoms with E-state index in [0.29, 0.717) is 21.2 Å². The van der Waals surface area contributed by atoms with Crippen LogP contribution in [0.25, 0.3) is 22.4 Å². The van der Waals surface area contributed by atoms with Crippen LogP contribution in [-0.2, 0) is 0 Å². The second-order valence-corrected chi connectivity index (χ2v) is 6.26. The lowest BCUT2D eigenvalue weighted by atomic mass is 10.2. The Kier molecular flexibility index (Phi) is 2.91. The Morgan fingerprint density at radius 1 is 1.38 bits per heavy atom. The lowest BCUT2D eigenvalue weighted by Gasteiger charge is -2.06. The summed E-state index contributed by atoms with van der Waals surface area (Å²) in [6.45, 7) is 1.96. The number of hydrogen-bond acceptors (Lipinski definition) is 3. The van der Waals surface area contributed by atoms with Crippen LogP contribution in [0.1, 0.15) is 30.1 Å². The van der Waals surface area contributed by atoms with Gasteiger partial charge in [0, 0.05) is 16.9 Å². The van der Waals surface area contributed by atoms with Gasteiger partial charge in [0.15, 0.2) is 11.3 Å². The molecule has 0 saturated heterocycles. The summed E-state index contributed by atoms with van der Waals surface area (Å²) in [7, 11) is 0. The fraction of sp³-hybridized carbons (Fsp3) is 0.250. The van der Waals surface area contributed by atoms with Crippen LogP contribution in [0.15, 0.2) is 28.7 Å². The molecule has 0 aliphatic heterocycles. The summed E-state index contributed by atoms with van der Waals surface area (Å²) in [6.07, 6.45) is 2.35. The van der Waals surface area contributed by atoms with Gasteiger partial charge in [-0.3, -0.25) is 0 Å². The third kappa shape index (κ3) is 2.19. The van der Waals surface area contributed by atoms with E-state index in [1.54, 1.807) is 0 Å². The van der Waals surface area contributed by atoms with E-state index in [4.69, 9.17) is 28.2 Å². The summed E-state index contributed by atoms with van der Waals surface area (Å²) < 4.78 is 6.57. The van der Waals surface area contributed by atoms with Crippen molar-refractivity contribution in [1.82, 2.24) is 9.97 Å². The first-order valence-electron chi connectivity index (χ1n) is 6.93. The molecule has 0 bridgehead atoms. The van der Waals surface area contributed by atoms with Gasteiger partial charge in [0.05, 0.1) is 10.7 Å². The minimum atomic E-state index is 0.513. The van der Waals surface area contributed by atoms with Gasteiger partial charge >= 0.3 is 0 Å². The summed E-state index contributed by atoms with van der Waals surface area (Å²) in [5, 5.41) is 1.60. The molecule has 0 spiro atoms. The molecule has 1 aliphatic rings. The summed E-state index contributed by atoms with van der Waals surface area (Å²) in [5.74, 6) is 2.23. The van der Waals surface area contributed by atoms with Crippen LogP contribution in [-0.4, -0.2) is 9.97 Å². The molecule has 1 fully saturated rings. The summed E-state index contributed by atoms with van der Waals surface area (Å²) in [6, 6.07) is 7.72. The second kappa shape index (κ2) is 4.68. The Labute approximate surface area is 132 Å². The zero-order chi connectivity index (χ0) is 14.6. The molecule has 0 radical (unpaired) electrons. The molecule has 106 valence electrons. The number of halogens is 1. The van der Waals surface area contributed by atoms with E-state index < -0.39 is 0 Å². The van der Waals surface area contributed by atoms with E-state index in [1.807, 2.05) is 31.2 Å². The molecule has 4 rings (SSSR count). The highest BCUT2D eigenvalue weighted by molar-refractivity contribution is 7.71. The Morgan fingerprint density at radius 3 is 2.90 bits per heavy atom. The quantitative estimate of drug-likeness (QED) is 0.644. The van der Waals surface area contributed by atoms with Gasteiger partial charge in [-0.25, -0.2) is 4.98 Å². The van der Waals surface area contributed by atoms with E-state index in [1.165, 1.54) is 12.8 Å². The monoisotopic (exact) mass is 316 g/mol. The van der Waals surface area contributed by atoms with Gasteiger partial charge in [-0.1, -0.05) is 36.0 Å². The molecule has 5 heteroatoms. The molecule has 1 N–H and O–H groups in total. The van der Waals surface area contributed by atoms with Gasteiger partial charge < -0.3 is 9.40 Å². The largest absolute Gasteiger partial charge is 0.453 e. The SMILES string of the molecule is Cc1c(-c2cc3cccc(Cl)c3o2)[nH]c(C2CC2)nc1=S. The standard InChI is InChI=1S/C16H13ClN2OS/c1-8-13(18-15(9-5-6-9)19-16(8)21)12-7-10-3-2-4-11(17)14(10)20-12/h2-4,7,9H,5-6H2,1H3,(H,18,19,21). The maximum atomic E-state index is 6.18. The van der Waals surface area contributed by atoms with Gasteiger partial charge in [-0.05, 0) is 31.9 Å². The van der Waals surface area contributed by atoms with Crippen molar-refractivity contribution in [3.8, 4) is 11.5 Å². The Morgan fingerprint density at radius 2 is 2.19 bits per heavy atom. The maximum Gasteiger partial charge on any atom is 0.153 e. The third-order valence-electron chi connectivity index (χ3n) is 3.88. The number of benzene rings is 1. The van der Waals surface area contributed by atoms with E-state index in [-0.39, 0.29) is 0 Å². The number of H-pyrrole nitrogens is 1. The van der Waals surface area contributed by atoms with Crippen molar-refractivity contribution in [3.05, 3.63) is 45.3 Å². The predicted molar refractivity (Wildman–Crippen MR) is 86.4 cm³/mol. The molecule has 2 heterocycles. The second-order valence-electron chi connectivity index (χ2n) is 5.47. The summed E-state index contributed by atoms with van der Waals surface area (Å²) in [4.78, 5) is 7.88. The van der Waals surface area contributed by atoms with Crippen molar-refractivity contribution < 1.29 is 4.42 Å². The number of nitrogens with zero attached hydrogens (tertiary/aromatic N) is 1. The van der Waals surface area contributed by atoms with Crippen LogP contribution < -0.4 is 0 Å². The molecule has 3 aromatic rings. The first kappa shape index (κ1) is 13.0. The zero-order valence-electron chi connectivity index (χ0n) is 11.4. The van der Waals surface area contributed by atoms with E-state index >= 15 is 0 Å². The minimum absolute atomic E-state index is 0.513. The van der Waals surface area contributed by atoms with Crippen LogP contribution in [0.3, 0.4) is 0 Å². The average Bonchev–Trinajstić information content (AvgIpc) is 3.21. The van der Waals surface area contributed by atoms with Gasteiger partial charge in [-0.15, -0.1) is 0 Å². The van der Waals surface area contributed by atoms with Crippen LogP contribution in [0.4, 0.5) is 0 Å². The number of hydrogen-bond donors (Lipinski definition) is 1. The van der Waals surface area contributed by atoms with Crippen molar-refractivity contribution in [2.24, 2.45) is 0 Å². The summed E-state index contributed by atoms with van der Waals surface area (Å²) >= 11 is 11.6. The molecular formula is C16H13ClN2OS. The highest BCUT2D eigenvalue weighted by Crippen LogP contribution is 2.39. The molecule has 3 nitrogen and oxygen atoms in total. The van der Waals surface area contributed by atoms with Gasteiger partial charge in [0.25, 0.3) is 0 Å². The number of aromatic nitrogens is 2. The maximum absolute atomic E-state index is 6.18. The van der Waals surface area contributed by atoms with Gasteiger partial charge in [-0.2, -0.15) is 0 Å². The number of furan rings is 1. The highest BCUT2D eigenvalue weighted by Gasteiger charge is 2.27. The van der Waals surface area contributed by atoms with Gasteiger partial charge in [0.2, 0.25) is 0 Å². The fourth-order valence-corrected chi connectivity index (χ4v) is 2.92. The lowest BCUT2D eigenvalue weighted by Crippen LogP contribution is -1.98. The zero-order valence-corrected chi connectivity index (χ0v) is 13.0. The number of aromatic amines is 1. The molecular weight excluding hydrogens is 304 g/mol. The fourth-order valence-electron chi connectivity index (χ4n) is 2.50. The molecule has 21 heavy (non-hydrogen) atoms. The number of nitrogens with one attached hydrogen (secondary N) is 1. The van der Waals surface area contributed by atoms with Crippen molar-refractivity contribution in [3.63, 3.8) is 0 Å². The lowest BCUT2D eigenvalue weighted by molar-refractivity contribution is 0.626. The molecule has 2 aromatic heterocycles. The van der Waals surface area contributed by atoms with Crippen LogP contribution in [0, 0.1) is 11.6 Å². The topological polar surface area (TPSA) is 41.8 Å². The normalized spacial score (nSPS) is 14.8. The number of para-hydroxylation sites is 1. The van der Waals surface area contributed by atoms with Gasteiger partial charge in [0.1, 0.15) is 10.5 Å². The molecule has 1 saturated carbocycles. The molecule has 0 unspecified atom stereocenters. The number of fused-ring (bicyclic) bond motifs is 1. The molecule has 1 aliphatic carbocycles. The van der Waals surface area contributed by atoms with E-state index in [2.05, 4.69) is 9.97 Å². The highest BCUT2D eigenvalue weighted by atomic mass is 35.5. The summed E-state index contributed by atoms with van der Waals surface area (Å²) in [5.41, 5.74) is 2.55. The average molecular weight is 317 g/mol. The first-order chi connectivity index (χ1) is 10.1. The Balaban J connectivity index is 1.95. The molecule has 0 atom stereocenters. The Hall–Kier alpha value is -1.65. The Bertz CT molecular complexity index is 908. The van der Waals surface area contributed by atoms with Crippen molar-refractivity contribution >= 4 is 34.8 Å². The van der Waals surface area contributed by atoms with Crippen LogP contribution in [0.5, 0.6) is 0 Å². The van der Waals surface area contributed by atoms with Crippen molar-refractivity contribution in [2.75, 3.05) is 0 Å². The van der Waals surface area contributed by atoms with Crippen molar-refractivity contribution in [1.29, 1.82) is 0 Å². The first-order valence-corrected chi connectivity index (χ1v) is 7.71. The minimum Gasteiger partial charge on any atom is -0.453 e. The van der Waals surface area contributed by atoms with Crippen LogP contribution >= 0.6 is 23.8 Å². The number of rotatable bonds is 2. The van der Waals surface area contributed by atoms with E-state index in [0.717, 1.165) is 28.2 Å². The van der Waals surface area contributed by atoms with Crippen LogP contribution in [0.2, 0.25) is 5.02 Å². The van der Waals surface area contributed by atoms with E-state index in [9.17, 15) is 0 Å². The smallest absolute Gasteiger partial charge is 0.153 e. The third-order valence-corrected chi connectivity index (χ3v) is 4.57. The van der Waals surface area contributed by atoms with Crippen molar-refractivity contribution in [2.45, 2.75) is 25.7 Å².